The first kappa shape index (κ1) is 20.9. The van der Waals surface area contributed by atoms with Crippen molar-refractivity contribution in [3.05, 3.63) is 59.7 Å². The number of carboxylic acid groups (broad SMARTS) is 1. The summed E-state index contributed by atoms with van der Waals surface area (Å²) in [7, 11) is 0. The molecule has 7 heteroatoms. The van der Waals surface area contributed by atoms with Crippen molar-refractivity contribution in [1.82, 2.24) is 10.6 Å². The summed E-state index contributed by atoms with van der Waals surface area (Å²) >= 11 is 0. The molecule has 2 amide bonds. The van der Waals surface area contributed by atoms with Crippen LogP contribution in [0.25, 0.3) is 11.1 Å². The second-order valence-corrected chi connectivity index (χ2v) is 8.34. The van der Waals surface area contributed by atoms with E-state index in [0.717, 1.165) is 0 Å². The highest BCUT2D eigenvalue weighted by Crippen LogP contribution is 2.44. The Kier molecular flexibility index (Phi) is 5.93. The summed E-state index contributed by atoms with van der Waals surface area (Å²) in [4.78, 5) is 34.9. The molecule has 1 saturated carbocycles. The summed E-state index contributed by atoms with van der Waals surface area (Å²) in [5, 5.41) is 14.2. The normalized spacial score (nSPS) is 20.0. The lowest BCUT2D eigenvalue weighted by Gasteiger charge is -2.35. The van der Waals surface area contributed by atoms with Gasteiger partial charge in [-0.1, -0.05) is 48.5 Å². The second kappa shape index (κ2) is 8.79. The number of carboxylic acids is 1. The van der Waals surface area contributed by atoms with Crippen LogP contribution in [0.2, 0.25) is 0 Å². The van der Waals surface area contributed by atoms with Crippen LogP contribution < -0.4 is 10.6 Å². The van der Waals surface area contributed by atoms with E-state index in [1.807, 2.05) is 24.3 Å². The van der Waals surface area contributed by atoms with E-state index in [2.05, 4.69) is 34.9 Å². The molecule has 2 aromatic rings. The number of aliphatic carboxylic acids is 1. The van der Waals surface area contributed by atoms with Crippen LogP contribution in [0.15, 0.2) is 48.5 Å². The van der Waals surface area contributed by atoms with E-state index in [1.54, 1.807) is 0 Å². The first-order chi connectivity index (χ1) is 14.9. The van der Waals surface area contributed by atoms with Crippen LogP contribution >= 0.6 is 0 Å². The molecule has 31 heavy (non-hydrogen) atoms. The Morgan fingerprint density at radius 1 is 1.03 bits per heavy atom. The number of carbonyl (C=O) groups excluding carboxylic acids is 2. The van der Waals surface area contributed by atoms with E-state index >= 15 is 0 Å². The van der Waals surface area contributed by atoms with Crippen LogP contribution in [-0.4, -0.2) is 41.8 Å². The molecule has 0 saturated heterocycles. The molecule has 7 nitrogen and oxygen atoms in total. The molecule has 0 aromatic heterocycles. The summed E-state index contributed by atoms with van der Waals surface area (Å²) in [6.45, 7) is 1.70. The quantitative estimate of drug-likeness (QED) is 0.635. The van der Waals surface area contributed by atoms with Gasteiger partial charge in [0.1, 0.15) is 12.6 Å². The van der Waals surface area contributed by atoms with Crippen molar-refractivity contribution in [1.29, 1.82) is 0 Å². The molecule has 1 fully saturated rings. The minimum atomic E-state index is -1.06. The molecule has 0 spiro atoms. The second-order valence-electron chi connectivity index (χ2n) is 8.34. The number of hydrogen-bond donors (Lipinski definition) is 3. The molecular weight excluding hydrogens is 396 g/mol. The highest BCUT2D eigenvalue weighted by molar-refractivity contribution is 5.83. The molecule has 2 aliphatic carbocycles. The van der Waals surface area contributed by atoms with Crippen molar-refractivity contribution in [3.63, 3.8) is 0 Å². The number of rotatable bonds is 7. The number of hydrogen-bond acceptors (Lipinski definition) is 4. The fourth-order valence-corrected chi connectivity index (χ4v) is 4.45. The van der Waals surface area contributed by atoms with Gasteiger partial charge in [-0.25, -0.2) is 4.79 Å². The van der Waals surface area contributed by atoms with Crippen LogP contribution in [0.4, 0.5) is 4.79 Å². The van der Waals surface area contributed by atoms with Gasteiger partial charge in [0.25, 0.3) is 0 Å². The topological polar surface area (TPSA) is 105 Å². The van der Waals surface area contributed by atoms with Crippen LogP contribution in [0.5, 0.6) is 0 Å². The molecule has 0 bridgehead atoms. The SMILES string of the molecule is CC(NC(=O)CC1CC(NC(=O)OCC2c3ccccc3-c3ccccc32)C1)C(=O)O. The van der Waals surface area contributed by atoms with Gasteiger partial charge in [0, 0.05) is 18.4 Å². The Labute approximate surface area is 180 Å². The van der Waals surface area contributed by atoms with Crippen LogP contribution in [0, 0.1) is 5.92 Å². The summed E-state index contributed by atoms with van der Waals surface area (Å²) in [5.74, 6) is -1.18. The average Bonchev–Trinajstić information content (AvgIpc) is 3.04. The number of amides is 2. The van der Waals surface area contributed by atoms with Crippen molar-refractivity contribution < 1.29 is 24.2 Å². The monoisotopic (exact) mass is 422 g/mol. The Hall–Kier alpha value is -3.35. The Bertz CT molecular complexity index is 953. The standard InChI is InChI=1S/C24H26N2O5/c1-14(23(28)29)25-22(27)12-15-10-16(11-15)26-24(30)31-13-21-19-8-4-2-6-17(19)18-7-3-5-9-20(18)21/h2-9,14-16,21H,10-13H2,1H3,(H,25,27)(H,26,30)(H,28,29). The number of fused-ring (bicyclic) bond motifs is 3. The van der Waals surface area contributed by atoms with Crippen LogP contribution in [0.1, 0.15) is 43.2 Å². The van der Waals surface area contributed by atoms with Crippen molar-refractivity contribution in [3.8, 4) is 11.1 Å². The summed E-state index contributed by atoms with van der Waals surface area (Å²) in [6.07, 6.45) is 1.17. The third-order valence-electron chi connectivity index (χ3n) is 6.12. The zero-order chi connectivity index (χ0) is 22.0. The fourth-order valence-electron chi connectivity index (χ4n) is 4.45. The third-order valence-corrected chi connectivity index (χ3v) is 6.12. The van der Waals surface area contributed by atoms with Crippen molar-refractivity contribution >= 4 is 18.0 Å². The highest BCUT2D eigenvalue weighted by atomic mass is 16.5. The molecule has 2 aromatic carbocycles. The molecule has 162 valence electrons. The molecule has 0 aliphatic heterocycles. The summed E-state index contributed by atoms with van der Waals surface area (Å²) in [5.41, 5.74) is 4.71. The molecule has 3 N–H and O–H groups in total. The van der Waals surface area contributed by atoms with E-state index in [9.17, 15) is 14.4 Å². The smallest absolute Gasteiger partial charge is 0.407 e. The van der Waals surface area contributed by atoms with E-state index in [-0.39, 0.29) is 36.8 Å². The lowest BCUT2D eigenvalue weighted by Crippen LogP contribution is -2.47. The largest absolute Gasteiger partial charge is 0.480 e. The Morgan fingerprint density at radius 3 is 2.19 bits per heavy atom. The zero-order valence-electron chi connectivity index (χ0n) is 17.3. The number of nitrogens with one attached hydrogen (secondary N) is 2. The van der Waals surface area contributed by atoms with E-state index in [1.165, 1.54) is 29.2 Å². The summed E-state index contributed by atoms with van der Waals surface area (Å²) < 4.78 is 5.55. The van der Waals surface area contributed by atoms with Crippen LogP contribution in [-0.2, 0) is 14.3 Å². The van der Waals surface area contributed by atoms with Crippen molar-refractivity contribution in [2.75, 3.05) is 6.61 Å². The number of alkyl carbamates (subject to hydrolysis) is 1. The van der Waals surface area contributed by atoms with Crippen LogP contribution in [0.3, 0.4) is 0 Å². The zero-order valence-corrected chi connectivity index (χ0v) is 17.3. The lowest BCUT2D eigenvalue weighted by molar-refractivity contribution is -0.141. The van der Waals surface area contributed by atoms with Crippen molar-refractivity contribution in [2.45, 2.75) is 44.2 Å². The fraction of sp³-hybridized carbons (Fsp3) is 0.375. The van der Waals surface area contributed by atoms with E-state index < -0.39 is 18.1 Å². The lowest BCUT2D eigenvalue weighted by atomic mass is 9.78. The van der Waals surface area contributed by atoms with Gasteiger partial charge in [0.15, 0.2) is 0 Å². The molecule has 0 radical (unpaired) electrons. The minimum absolute atomic E-state index is 0.0206. The highest BCUT2D eigenvalue weighted by Gasteiger charge is 2.33. The maximum absolute atomic E-state index is 12.3. The Morgan fingerprint density at radius 2 is 1.61 bits per heavy atom. The predicted molar refractivity (Wildman–Crippen MR) is 115 cm³/mol. The minimum Gasteiger partial charge on any atom is -0.480 e. The predicted octanol–water partition coefficient (Wildman–Crippen LogP) is 3.28. The molecule has 2 aliphatic rings. The van der Waals surface area contributed by atoms with Gasteiger partial charge in [0.2, 0.25) is 5.91 Å². The van der Waals surface area contributed by atoms with Crippen molar-refractivity contribution in [2.24, 2.45) is 5.92 Å². The Balaban J connectivity index is 1.23. The first-order valence-electron chi connectivity index (χ1n) is 10.6. The third kappa shape index (κ3) is 4.55. The molecule has 0 heterocycles. The van der Waals surface area contributed by atoms with E-state index in [0.29, 0.717) is 12.8 Å². The maximum atomic E-state index is 12.3. The number of ether oxygens (including phenoxy) is 1. The van der Waals surface area contributed by atoms with Gasteiger partial charge >= 0.3 is 12.1 Å². The van der Waals surface area contributed by atoms with Gasteiger partial charge in [0.05, 0.1) is 0 Å². The van der Waals surface area contributed by atoms with Gasteiger partial charge < -0.3 is 20.5 Å². The molecule has 4 rings (SSSR count). The molecule has 1 atom stereocenters. The van der Waals surface area contributed by atoms with Gasteiger partial charge in [-0.15, -0.1) is 0 Å². The summed E-state index contributed by atoms with van der Waals surface area (Å²) in [6, 6.07) is 15.4. The maximum Gasteiger partial charge on any atom is 0.407 e. The van der Waals surface area contributed by atoms with E-state index in [4.69, 9.17) is 9.84 Å². The molecular formula is C24H26N2O5. The van der Waals surface area contributed by atoms with Gasteiger partial charge in [-0.2, -0.15) is 0 Å². The first-order valence-corrected chi connectivity index (χ1v) is 10.6. The number of benzene rings is 2. The average molecular weight is 422 g/mol. The van der Waals surface area contributed by atoms with Gasteiger partial charge in [-0.3, -0.25) is 9.59 Å². The number of carbonyl (C=O) groups is 3. The van der Waals surface area contributed by atoms with Gasteiger partial charge in [-0.05, 0) is 47.9 Å². The molecule has 1 unspecified atom stereocenters.